The lowest BCUT2D eigenvalue weighted by Crippen LogP contribution is -2.63. The van der Waals surface area contributed by atoms with Gasteiger partial charge in [-0.25, -0.2) is 0 Å². The molecule has 1 saturated heterocycles. The maximum Gasteiger partial charge on any atom is 0.303 e. The van der Waals surface area contributed by atoms with Crippen molar-refractivity contribution in [3.8, 4) is 5.75 Å². The van der Waals surface area contributed by atoms with Crippen molar-refractivity contribution in [1.82, 2.24) is 0 Å². The van der Waals surface area contributed by atoms with E-state index in [1.165, 1.54) is 13.8 Å². The van der Waals surface area contributed by atoms with Crippen LogP contribution in [0.2, 0.25) is 0 Å². The second-order valence-corrected chi connectivity index (χ2v) is 7.54. The van der Waals surface area contributed by atoms with Gasteiger partial charge in [-0.15, -0.1) is 0 Å². The van der Waals surface area contributed by atoms with Crippen LogP contribution in [0.5, 0.6) is 5.75 Å². The van der Waals surface area contributed by atoms with Crippen LogP contribution in [0.4, 0.5) is 0 Å². The average Bonchev–Trinajstić information content (AvgIpc) is 2.75. The van der Waals surface area contributed by atoms with E-state index >= 15 is 0 Å². The Balaban J connectivity index is 2.25. The average molecular weight is 482 g/mol. The van der Waals surface area contributed by atoms with E-state index in [-0.39, 0.29) is 13.2 Å². The first-order valence-corrected chi connectivity index (χ1v) is 10.7. The van der Waals surface area contributed by atoms with Crippen LogP contribution < -0.4 is 4.74 Å². The molecule has 1 aliphatic heterocycles. The lowest BCUT2D eigenvalue weighted by molar-refractivity contribution is -0.307. The highest BCUT2D eigenvalue weighted by atomic mass is 16.7. The predicted octanol–water partition coefficient (Wildman–Crippen LogP) is 1.34. The fourth-order valence-corrected chi connectivity index (χ4v) is 3.41. The molecule has 0 saturated carbocycles. The van der Waals surface area contributed by atoms with Gasteiger partial charge in [0.2, 0.25) is 0 Å². The first-order valence-electron chi connectivity index (χ1n) is 10.7. The van der Waals surface area contributed by atoms with Crippen molar-refractivity contribution in [2.75, 3.05) is 20.3 Å². The Morgan fingerprint density at radius 3 is 1.88 bits per heavy atom. The molecule has 1 aromatic rings. The zero-order valence-electron chi connectivity index (χ0n) is 19.8. The third-order valence-corrected chi connectivity index (χ3v) is 4.78. The van der Waals surface area contributed by atoms with Gasteiger partial charge >= 0.3 is 23.9 Å². The third kappa shape index (κ3) is 8.31. The van der Waals surface area contributed by atoms with Crippen molar-refractivity contribution in [3.05, 3.63) is 29.8 Å². The van der Waals surface area contributed by atoms with Crippen LogP contribution in [0.15, 0.2) is 24.3 Å². The SMILES string of the molecule is COc1ccc(CCOC2OC(COC(C)=O)C(OC(C)=O)C(OC(C)=O)C2OC(C)=O)cc1. The van der Waals surface area contributed by atoms with Gasteiger partial charge in [-0.3, -0.25) is 19.2 Å². The van der Waals surface area contributed by atoms with Gasteiger partial charge < -0.3 is 33.2 Å². The largest absolute Gasteiger partial charge is 0.497 e. The molecule has 34 heavy (non-hydrogen) atoms. The molecule has 5 unspecified atom stereocenters. The molecule has 188 valence electrons. The van der Waals surface area contributed by atoms with Crippen molar-refractivity contribution in [3.63, 3.8) is 0 Å². The highest BCUT2D eigenvalue weighted by Gasteiger charge is 2.52. The Labute approximate surface area is 197 Å². The van der Waals surface area contributed by atoms with E-state index < -0.39 is 54.6 Å². The number of carbonyl (C=O) groups is 4. The summed E-state index contributed by atoms with van der Waals surface area (Å²) in [6.07, 6.45) is -5.47. The van der Waals surface area contributed by atoms with Gasteiger partial charge in [-0.2, -0.15) is 0 Å². The third-order valence-electron chi connectivity index (χ3n) is 4.78. The number of rotatable bonds is 10. The topological polar surface area (TPSA) is 133 Å². The minimum absolute atomic E-state index is 0.153. The summed E-state index contributed by atoms with van der Waals surface area (Å²) >= 11 is 0. The minimum atomic E-state index is -1.26. The molecule has 0 aliphatic carbocycles. The van der Waals surface area contributed by atoms with Crippen LogP contribution in [-0.4, -0.2) is 74.9 Å². The zero-order valence-corrected chi connectivity index (χ0v) is 19.8. The summed E-state index contributed by atoms with van der Waals surface area (Å²) in [5.41, 5.74) is 0.950. The Bertz CT molecular complexity index is 851. The molecule has 0 aromatic heterocycles. The van der Waals surface area contributed by atoms with Crippen molar-refractivity contribution >= 4 is 23.9 Å². The molecule has 1 aliphatic rings. The summed E-state index contributed by atoms with van der Waals surface area (Å²) in [5, 5.41) is 0. The number of esters is 4. The van der Waals surface area contributed by atoms with E-state index in [9.17, 15) is 19.2 Å². The number of hydrogen-bond acceptors (Lipinski definition) is 11. The predicted molar refractivity (Wildman–Crippen MR) is 115 cm³/mol. The van der Waals surface area contributed by atoms with E-state index in [1.807, 2.05) is 24.3 Å². The maximum absolute atomic E-state index is 11.8. The van der Waals surface area contributed by atoms with Gasteiger partial charge in [0.15, 0.2) is 24.6 Å². The Morgan fingerprint density at radius 2 is 1.35 bits per heavy atom. The summed E-state index contributed by atoms with van der Waals surface area (Å²) in [5.74, 6) is -1.96. The molecule has 0 spiro atoms. The Kier molecular flexibility index (Phi) is 10.3. The van der Waals surface area contributed by atoms with Crippen LogP contribution >= 0.6 is 0 Å². The molecule has 0 bridgehead atoms. The number of methoxy groups -OCH3 is 1. The molecule has 1 heterocycles. The number of hydrogen-bond donors (Lipinski definition) is 0. The van der Waals surface area contributed by atoms with E-state index in [0.29, 0.717) is 12.2 Å². The molecule has 11 nitrogen and oxygen atoms in total. The molecule has 11 heteroatoms. The van der Waals surface area contributed by atoms with Crippen molar-refractivity contribution in [1.29, 1.82) is 0 Å². The molecule has 0 radical (unpaired) electrons. The minimum Gasteiger partial charge on any atom is -0.497 e. The van der Waals surface area contributed by atoms with E-state index in [0.717, 1.165) is 19.4 Å². The van der Waals surface area contributed by atoms with Gasteiger partial charge in [-0.1, -0.05) is 12.1 Å². The molecule has 1 aromatic carbocycles. The summed E-state index contributed by atoms with van der Waals surface area (Å²) in [7, 11) is 1.57. The highest BCUT2D eigenvalue weighted by Crippen LogP contribution is 2.30. The fraction of sp³-hybridized carbons (Fsp3) is 0.565. The lowest BCUT2D eigenvalue weighted by atomic mass is 9.98. The summed E-state index contributed by atoms with van der Waals surface area (Å²) in [4.78, 5) is 46.7. The monoisotopic (exact) mass is 482 g/mol. The quantitative estimate of drug-likeness (QED) is 0.353. The van der Waals surface area contributed by atoms with Crippen LogP contribution in [0.25, 0.3) is 0 Å². The molecule has 0 N–H and O–H groups in total. The standard InChI is InChI=1S/C23H30O11/c1-13(24)30-12-19-20(31-14(2)25)21(32-15(3)26)22(33-16(4)27)23(34-19)29-11-10-17-6-8-18(28-5)9-7-17/h6-9,19-23H,10-12H2,1-5H3. The molecular weight excluding hydrogens is 452 g/mol. The number of carbonyl (C=O) groups excluding carboxylic acids is 4. The van der Waals surface area contributed by atoms with Gasteiger partial charge in [0.1, 0.15) is 18.5 Å². The normalized spacial score (nSPS) is 24.0. The van der Waals surface area contributed by atoms with Gasteiger partial charge in [0.05, 0.1) is 13.7 Å². The Hall–Kier alpha value is -3.18. The highest BCUT2D eigenvalue weighted by molar-refractivity contribution is 5.68. The van der Waals surface area contributed by atoms with Gasteiger partial charge in [0.25, 0.3) is 0 Å². The first kappa shape index (κ1) is 27.1. The van der Waals surface area contributed by atoms with Crippen LogP contribution in [0, 0.1) is 0 Å². The summed E-state index contributed by atoms with van der Waals surface area (Å²) in [6.45, 7) is 4.54. The van der Waals surface area contributed by atoms with E-state index in [4.69, 9.17) is 33.2 Å². The van der Waals surface area contributed by atoms with Gasteiger partial charge in [-0.05, 0) is 24.1 Å². The second-order valence-electron chi connectivity index (χ2n) is 7.54. The van der Waals surface area contributed by atoms with Crippen molar-refractivity contribution in [2.45, 2.75) is 64.8 Å². The molecule has 2 rings (SSSR count). The second kappa shape index (κ2) is 12.9. The van der Waals surface area contributed by atoms with Crippen LogP contribution in [0.3, 0.4) is 0 Å². The van der Waals surface area contributed by atoms with Crippen molar-refractivity contribution < 1.29 is 52.3 Å². The van der Waals surface area contributed by atoms with Crippen LogP contribution in [-0.2, 0) is 54.0 Å². The Morgan fingerprint density at radius 1 is 0.794 bits per heavy atom. The molecule has 5 atom stereocenters. The lowest BCUT2D eigenvalue weighted by Gasteiger charge is -2.44. The summed E-state index contributed by atoms with van der Waals surface area (Å²) < 4.78 is 38.0. The molecule has 1 fully saturated rings. The smallest absolute Gasteiger partial charge is 0.303 e. The van der Waals surface area contributed by atoms with E-state index in [2.05, 4.69) is 0 Å². The van der Waals surface area contributed by atoms with Gasteiger partial charge in [0, 0.05) is 27.7 Å². The fourth-order valence-electron chi connectivity index (χ4n) is 3.41. The van der Waals surface area contributed by atoms with Crippen LogP contribution in [0.1, 0.15) is 33.3 Å². The summed E-state index contributed by atoms with van der Waals surface area (Å²) in [6, 6.07) is 7.36. The molecule has 0 amide bonds. The first-order chi connectivity index (χ1) is 16.1. The maximum atomic E-state index is 11.8. The number of benzene rings is 1. The zero-order chi connectivity index (χ0) is 25.3. The van der Waals surface area contributed by atoms with Crippen molar-refractivity contribution in [2.24, 2.45) is 0 Å². The molecular formula is C23H30O11. The number of ether oxygens (including phenoxy) is 7. The van der Waals surface area contributed by atoms with E-state index in [1.54, 1.807) is 7.11 Å².